The number of benzene rings is 2. The van der Waals surface area contributed by atoms with Crippen molar-refractivity contribution in [2.75, 3.05) is 19.0 Å². The molecule has 4 rings (SSSR count). The second-order valence-corrected chi connectivity index (χ2v) is 9.80. The summed E-state index contributed by atoms with van der Waals surface area (Å²) in [7, 11) is 1.55. The maximum absolute atomic E-state index is 13.1. The van der Waals surface area contributed by atoms with Gasteiger partial charge in [-0.15, -0.1) is 11.3 Å². The van der Waals surface area contributed by atoms with E-state index in [1.165, 1.54) is 16.9 Å². The molecule has 0 spiro atoms. The molecule has 2 N–H and O–H groups in total. The summed E-state index contributed by atoms with van der Waals surface area (Å²) < 4.78 is 5.16. The zero-order valence-electron chi connectivity index (χ0n) is 20.2. The van der Waals surface area contributed by atoms with Gasteiger partial charge >= 0.3 is 6.03 Å². The van der Waals surface area contributed by atoms with Gasteiger partial charge < -0.3 is 15.4 Å². The van der Waals surface area contributed by atoms with Gasteiger partial charge in [-0.2, -0.15) is 0 Å². The summed E-state index contributed by atoms with van der Waals surface area (Å²) in [6, 6.07) is 14.5. The number of anilines is 1. The van der Waals surface area contributed by atoms with Crippen molar-refractivity contribution in [2.45, 2.75) is 39.2 Å². The lowest BCUT2D eigenvalue weighted by molar-refractivity contribution is -0.133. The number of carbonyl (C=O) groups is 3. The lowest BCUT2D eigenvalue weighted by Crippen LogP contribution is -2.42. The van der Waals surface area contributed by atoms with Crippen LogP contribution in [0.4, 0.5) is 9.93 Å². The van der Waals surface area contributed by atoms with Crippen LogP contribution in [0.1, 0.15) is 36.3 Å². The van der Waals surface area contributed by atoms with Crippen molar-refractivity contribution in [3.63, 3.8) is 0 Å². The van der Waals surface area contributed by atoms with Crippen LogP contribution < -0.4 is 15.4 Å². The minimum atomic E-state index is -1.27. The third-order valence-corrected chi connectivity index (χ3v) is 6.94. The van der Waals surface area contributed by atoms with Gasteiger partial charge in [-0.1, -0.05) is 49.7 Å². The maximum Gasteiger partial charge on any atom is 0.325 e. The first kappa shape index (κ1) is 24.4. The molecule has 1 aliphatic rings. The highest BCUT2D eigenvalue weighted by molar-refractivity contribution is 7.16. The molecule has 1 aromatic heterocycles. The first-order valence-corrected chi connectivity index (χ1v) is 12.2. The highest BCUT2D eigenvalue weighted by atomic mass is 32.1. The quantitative estimate of drug-likeness (QED) is 0.452. The molecule has 1 unspecified atom stereocenters. The molecule has 1 fully saturated rings. The topological polar surface area (TPSA) is 101 Å². The number of aromatic nitrogens is 1. The van der Waals surface area contributed by atoms with Crippen LogP contribution in [-0.2, 0) is 21.5 Å². The number of thiazole rings is 1. The van der Waals surface area contributed by atoms with Crippen LogP contribution in [0, 0.1) is 6.92 Å². The second-order valence-electron chi connectivity index (χ2n) is 8.59. The van der Waals surface area contributed by atoms with Crippen molar-refractivity contribution in [1.82, 2.24) is 15.2 Å². The van der Waals surface area contributed by atoms with Crippen molar-refractivity contribution in [3.05, 3.63) is 64.5 Å². The number of methoxy groups -OCH3 is 1. The number of rotatable bonds is 8. The number of ether oxygens (including phenoxy) is 1. The Balaban J connectivity index is 1.44. The molecule has 0 radical (unpaired) electrons. The molecule has 3 aromatic rings. The van der Waals surface area contributed by atoms with E-state index < -0.39 is 29.9 Å². The van der Waals surface area contributed by atoms with Crippen LogP contribution in [0.3, 0.4) is 0 Å². The zero-order valence-corrected chi connectivity index (χ0v) is 21.0. The zero-order chi connectivity index (χ0) is 25.2. The Morgan fingerprint density at radius 3 is 2.46 bits per heavy atom. The summed E-state index contributed by atoms with van der Waals surface area (Å²) in [5, 5.41) is 5.86. The fraction of sp³-hybridized carbons (Fsp3) is 0.308. The Hall–Kier alpha value is -3.72. The summed E-state index contributed by atoms with van der Waals surface area (Å²) in [6.07, 6.45) is 2.11. The minimum Gasteiger partial charge on any atom is -0.497 e. The van der Waals surface area contributed by atoms with Crippen LogP contribution in [0.25, 0.3) is 11.3 Å². The van der Waals surface area contributed by atoms with Crippen molar-refractivity contribution < 1.29 is 19.1 Å². The maximum atomic E-state index is 13.1. The number of nitrogens with zero attached hydrogens (tertiary/aromatic N) is 2. The Morgan fingerprint density at radius 1 is 1.14 bits per heavy atom. The molecule has 9 heteroatoms. The standard InChI is InChI=1S/C26H28N4O4S/c1-5-6-17-7-9-18(10-8-17)22-16(2)35-24(28-22)27-21(31)15-30-23(32)26(3,29-25(30)33)19-11-13-20(34-4)14-12-19/h7-14H,5-6,15H2,1-4H3,(H,29,33)(H,27,28,31). The van der Waals surface area contributed by atoms with Gasteiger partial charge in [0.2, 0.25) is 5.91 Å². The van der Waals surface area contributed by atoms with E-state index in [1.54, 1.807) is 38.3 Å². The number of carbonyl (C=O) groups excluding carboxylic acids is 3. The van der Waals surface area contributed by atoms with E-state index in [4.69, 9.17) is 4.74 Å². The SMILES string of the molecule is CCCc1ccc(-c2nc(NC(=O)CN3C(=O)NC(C)(c4ccc(OC)cc4)C3=O)sc2C)cc1. The van der Waals surface area contributed by atoms with Gasteiger partial charge in [0.1, 0.15) is 17.8 Å². The molecular weight excluding hydrogens is 464 g/mol. The number of imide groups is 1. The molecule has 1 atom stereocenters. The summed E-state index contributed by atoms with van der Waals surface area (Å²) in [6.45, 7) is 5.30. The fourth-order valence-electron chi connectivity index (χ4n) is 4.10. The van der Waals surface area contributed by atoms with Gasteiger partial charge in [-0.05, 0) is 43.5 Å². The number of urea groups is 1. The second kappa shape index (κ2) is 9.87. The molecule has 8 nitrogen and oxygen atoms in total. The smallest absolute Gasteiger partial charge is 0.325 e. The number of hydrogen-bond donors (Lipinski definition) is 2. The molecule has 182 valence electrons. The molecular formula is C26H28N4O4S. The highest BCUT2D eigenvalue weighted by Crippen LogP contribution is 2.32. The van der Waals surface area contributed by atoms with Gasteiger partial charge in [0.05, 0.1) is 12.8 Å². The van der Waals surface area contributed by atoms with E-state index in [0.29, 0.717) is 16.4 Å². The average molecular weight is 493 g/mol. The van der Waals surface area contributed by atoms with E-state index in [9.17, 15) is 14.4 Å². The monoisotopic (exact) mass is 492 g/mol. The summed E-state index contributed by atoms with van der Waals surface area (Å²) in [5.41, 5.74) is 2.38. The lowest BCUT2D eigenvalue weighted by atomic mass is 9.92. The summed E-state index contributed by atoms with van der Waals surface area (Å²) in [5.74, 6) is -0.350. The lowest BCUT2D eigenvalue weighted by Gasteiger charge is -2.22. The van der Waals surface area contributed by atoms with E-state index >= 15 is 0 Å². The van der Waals surface area contributed by atoms with Crippen molar-refractivity contribution >= 4 is 34.3 Å². The van der Waals surface area contributed by atoms with Crippen LogP contribution in [0.5, 0.6) is 5.75 Å². The Labute approximate surface area is 208 Å². The predicted octanol–water partition coefficient (Wildman–Crippen LogP) is 4.49. The van der Waals surface area contributed by atoms with Gasteiger partial charge in [-0.3, -0.25) is 14.5 Å². The normalized spacial score (nSPS) is 17.4. The van der Waals surface area contributed by atoms with E-state index in [1.807, 2.05) is 19.1 Å². The fourth-order valence-corrected chi connectivity index (χ4v) is 4.95. The van der Waals surface area contributed by atoms with E-state index in [-0.39, 0.29) is 0 Å². The molecule has 0 aliphatic carbocycles. The van der Waals surface area contributed by atoms with Crippen LogP contribution in [0.15, 0.2) is 48.5 Å². The van der Waals surface area contributed by atoms with Crippen molar-refractivity contribution in [1.29, 1.82) is 0 Å². The third-order valence-electron chi connectivity index (χ3n) is 6.05. The van der Waals surface area contributed by atoms with Crippen LogP contribution >= 0.6 is 11.3 Å². The highest BCUT2D eigenvalue weighted by Gasteiger charge is 2.49. The van der Waals surface area contributed by atoms with Gasteiger partial charge in [0.15, 0.2) is 5.13 Å². The molecule has 35 heavy (non-hydrogen) atoms. The van der Waals surface area contributed by atoms with Gasteiger partial charge in [0.25, 0.3) is 5.91 Å². The molecule has 4 amide bonds. The van der Waals surface area contributed by atoms with Crippen LogP contribution in [0.2, 0.25) is 0 Å². The molecule has 0 saturated carbocycles. The first-order chi connectivity index (χ1) is 16.7. The molecule has 1 aliphatic heterocycles. The first-order valence-electron chi connectivity index (χ1n) is 11.4. The van der Waals surface area contributed by atoms with E-state index in [0.717, 1.165) is 33.9 Å². The van der Waals surface area contributed by atoms with Crippen molar-refractivity contribution in [3.8, 4) is 17.0 Å². The molecule has 2 aromatic carbocycles. The molecule has 0 bridgehead atoms. The number of hydrogen-bond acceptors (Lipinski definition) is 6. The van der Waals surface area contributed by atoms with Gasteiger partial charge in [0, 0.05) is 10.4 Å². The van der Waals surface area contributed by atoms with Gasteiger partial charge in [-0.25, -0.2) is 9.78 Å². The van der Waals surface area contributed by atoms with Crippen LogP contribution in [-0.4, -0.2) is 41.4 Å². The third kappa shape index (κ3) is 4.90. The number of nitrogens with one attached hydrogen (secondary N) is 2. The number of amides is 4. The Morgan fingerprint density at radius 2 is 1.83 bits per heavy atom. The largest absolute Gasteiger partial charge is 0.497 e. The summed E-state index contributed by atoms with van der Waals surface area (Å²) in [4.78, 5) is 44.9. The Bertz CT molecular complexity index is 1250. The summed E-state index contributed by atoms with van der Waals surface area (Å²) >= 11 is 1.35. The Kier molecular flexibility index (Phi) is 6.88. The predicted molar refractivity (Wildman–Crippen MR) is 136 cm³/mol. The minimum absolute atomic E-state index is 0.407. The average Bonchev–Trinajstić information content (AvgIpc) is 3.31. The number of aryl methyl sites for hydroxylation is 2. The molecule has 2 heterocycles. The van der Waals surface area contributed by atoms with E-state index in [2.05, 4.69) is 34.7 Å². The molecule has 1 saturated heterocycles. The van der Waals surface area contributed by atoms with Crippen molar-refractivity contribution in [2.24, 2.45) is 0 Å².